The summed E-state index contributed by atoms with van der Waals surface area (Å²) in [6.45, 7) is 0. The Morgan fingerprint density at radius 3 is 2.35 bits per heavy atom. The van der Waals surface area contributed by atoms with Crippen LogP contribution in [0.15, 0.2) is 53.5 Å². The van der Waals surface area contributed by atoms with E-state index in [1.165, 1.54) is 24.3 Å². The maximum absolute atomic E-state index is 13.0. The third-order valence-corrected chi connectivity index (χ3v) is 2.41. The summed E-state index contributed by atoms with van der Waals surface area (Å²) >= 11 is 0. The standard InChI is InChI=1S/C14H8F3NO2/c15-14(16,17)12-8-10(18-9-19)6-7-13(12)20-11-4-2-1-3-5-11/h1-8H. The number of alkyl halides is 3. The molecule has 2 aromatic rings. The molecule has 0 bridgehead atoms. The highest BCUT2D eigenvalue weighted by molar-refractivity contribution is 5.54. The van der Waals surface area contributed by atoms with Gasteiger partial charge in [0.2, 0.25) is 6.08 Å². The van der Waals surface area contributed by atoms with Crippen molar-refractivity contribution in [3.05, 3.63) is 54.1 Å². The van der Waals surface area contributed by atoms with Crippen LogP contribution in [0.2, 0.25) is 0 Å². The fourth-order valence-corrected chi connectivity index (χ4v) is 1.57. The van der Waals surface area contributed by atoms with Crippen molar-refractivity contribution in [1.29, 1.82) is 0 Å². The number of nitrogens with zero attached hydrogens (tertiary/aromatic N) is 1. The van der Waals surface area contributed by atoms with Gasteiger partial charge in [0.15, 0.2) is 0 Å². The van der Waals surface area contributed by atoms with E-state index >= 15 is 0 Å². The van der Waals surface area contributed by atoms with Crippen LogP contribution < -0.4 is 4.74 Å². The summed E-state index contributed by atoms with van der Waals surface area (Å²) in [5, 5.41) is 0. The molecule has 0 aliphatic carbocycles. The average Bonchev–Trinajstić information content (AvgIpc) is 2.41. The maximum atomic E-state index is 13.0. The van der Waals surface area contributed by atoms with Crippen LogP contribution in [0.3, 0.4) is 0 Å². The second kappa shape index (κ2) is 5.59. The highest BCUT2D eigenvalue weighted by Gasteiger charge is 2.35. The van der Waals surface area contributed by atoms with Gasteiger partial charge in [0.25, 0.3) is 0 Å². The fraction of sp³-hybridized carbons (Fsp3) is 0.0714. The van der Waals surface area contributed by atoms with E-state index in [-0.39, 0.29) is 17.2 Å². The molecule has 0 atom stereocenters. The second-order valence-electron chi connectivity index (χ2n) is 3.80. The van der Waals surface area contributed by atoms with Gasteiger partial charge in [-0.3, -0.25) is 0 Å². The van der Waals surface area contributed by atoms with E-state index < -0.39 is 11.7 Å². The summed E-state index contributed by atoms with van der Waals surface area (Å²) < 4.78 is 44.1. The van der Waals surface area contributed by atoms with E-state index in [4.69, 9.17) is 4.74 Å². The van der Waals surface area contributed by atoms with Gasteiger partial charge in [0.05, 0.1) is 5.69 Å². The van der Waals surface area contributed by atoms with Crippen LogP contribution in [-0.2, 0) is 11.0 Å². The molecule has 0 saturated carbocycles. The van der Waals surface area contributed by atoms with Gasteiger partial charge in [0, 0.05) is 0 Å². The summed E-state index contributed by atoms with van der Waals surface area (Å²) in [5.41, 5.74) is -1.13. The Morgan fingerprint density at radius 2 is 1.75 bits per heavy atom. The molecule has 6 heteroatoms. The van der Waals surface area contributed by atoms with Crippen molar-refractivity contribution in [2.75, 3.05) is 0 Å². The van der Waals surface area contributed by atoms with Crippen LogP contribution in [-0.4, -0.2) is 6.08 Å². The molecule has 2 aromatic carbocycles. The van der Waals surface area contributed by atoms with Gasteiger partial charge in [-0.05, 0) is 30.3 Å². The number of aliphatic imine (C=N–C) groups is 1. The van der Waals surface area contributed by atoms with Crippen molar-refractivity contribution in [2.24, 2.45) is 4.99 Å². The van der Waals surface area contributed by atoms with Gasteiger partial charge in [-0.25, -0.2) is 4.79 Å². The molecule has 0 N–H and O–H groups in total. The Labute approximate surface area is 112 Å². The summed E-state index contributed by atoms with van der Waals surface area (Å²) in [6, 6.07) is 11.2. The van der Waals surface area contributed by atoms with Crippen molar-refractivity contribution in [3.63, 3.8) is 0 Å². The lowest BCUT2D eigenvalue weighted by molar-refractivity contribution is -0.138. The lowest BCUT2D eigenvalue weighted by Crippen LogP contribution is -2.06. The third-order valence-electron chi connectivity index (χ3n) is 2.41. The molecule has 102 valence electrons. The molecule has 0 fully saturated rings. The van der Waals surface area contributed by atoms with Crippen molar-refractivity contribution in [2.45, 2.75) is 6.18 Å². The van der Waals surface area contributed by atoms with Gasteiger partial charge in [-0.1, -0.05) is 18.2 Å². The molecular formula is C14H8F3NO2. The first kappa shape index (κ1) is 13.8. The van der Waals surface area contributed by atoms with Gasteiger partial charge in [0.1, 0.15) is 17.1 Å². The minimum atomic E-state index is -4.61. The SMILES string of the molecule is O=C=Nc1ccc(Oc2ccccc2)c(C(F)(F)F)c1. The van der Waals surface area contributed by atoms with Crippen LogP contribution >= 0.6 is 0 Å². The fourth-order valence-electron chi connectivity index (χ4n) is 1.57. The van der Waals surface area contributed by atoms with E-state index in [2.05, 4.69) is 4.99 Å². The predicted octanol–water partition coefficient (Wildman–Crippen LogP) is 4.47. The summed E-state index contributed by atoms with van der Waals surface area (Å²) in [5.74, 6) is -0.0711. The van der Waals surface area contributed by atoms with Crippen LogP contribution in [0, 0.1) is 0 Å². The zero-order valence-electron chi connectivity index (χ0n) is 10.0. The molecule has 3 nitrogen and oxygen atoms in total. The summed E-state index contributed by atoms with van der Waals surface area (Å²) in [6.07, 6.45) is -3.41. The lowest BCUT2D eigenvalue weighted by Gasteiger charge is -2.14. The first-order valence-electron chi connectivity index (χ1n) is 5.53. The smallest absolute Gasteiger partial charge is 0.420 e. The van der Waals surface area contributed by atoms with Gasteiger partial charge >= 0.3 is 6.18 Å². The van der Waals surface area contributed by atoms with E-state index in [9.17, 15) is 18.0 Å². The van der Waals surface area contributed by atoms with Crippen LogP contribution in [0.25, 0.3) is 0 Å². The molecule has 0 aromatic heterocycles. The molecule has 0 unspecified atom stereocenters. The topological polar surface area (TPSA) is 38.7 Å². The first-order chi connectivity index (χ1) is 9.50. The Bertz CT molecular complexity index is 647. The number of benzene rings is 2. The van der Waals surface area contributed by atoms with E-state index in [1.54, 1.807) is 18.2 Å². The highest BCUT2D eigenvalue weighted by Crippen LogP contribution is 2.40. The highest BCUT2D eigenvalue weighted by atomic mass is 19.4. The number of halogens is 3. The molecule has 0 saturated heterocycles. The summed E-state index contributed by atoms with van der Waals surface area (Å²) in [7, 11) is 0. The van der Waals surface area contributed by atoms with Crippen molar-refractivity contribution in [1.82, 2.24) is 0 Å². The van der Waals surface area contributed by atoms with Gasteiger partial charge in [-0.2, -0.15) is 18.2 Å². The zero-order chi connectivity index (χ0) is 14.6. The monoisotopic (exact) mass is 279 g/mol. The molecule has 0 aliphatic heterocycles. The molecular weight excluding hydrogens is 271 g/mol. The number of hydrogen-bond acceptors (Lipinski definition) is 3. The van der Waals surface area contributed by atoms with Crippen LogP contribution in [0.4, 0.5) is 18.9 Å². The predicted molar refractivity (Wildman–Crippen MR) is 65.7 cm³/mol. The molecule has 0 spiro atoms. The van der Waals surface area contributed by atoms with Crippen LogP contribution in [0.5, 0.6) is 11.5 Å². The lowest BCUT2D eigenvalue weighted by atomic mass is 10.1. The number of para-hydroxylation sites is 1. The van der Waals surface area contributed by atoms with Crippen molar-refractivity contribution >= 4 is 11.8 Å². The average molecular weight is 279 g/mol. The van der Waals surface area contributed by atoms with Gasteiger partial charge < -0.3 is 4.74 Å². The van der Waals surface area contributed by atoms with E-state index in [0.29, 0.717) is 0 Å². The molecule has 2 rings (SSSR count). The molecule has 0 aliphatic rings. The van der Waals surface area contributed by atoms with E-state index in [0.717, 1.165) is 12.1 Å². The molecule has 0 heterocycles. The third kappa shape index (κ3) is 3.24. The Morgan fingerprint density at radius 1 is 1.05 bits per heavy atom. The number of isocyanates is 1. The Hall–Kier alpha value is -2.59. The number of hydrogen-bond donors (Lipinski definition) is 0. The number of rotatable bonds is 3. The zero-order valence-corrected chi connectivity index (χ0v) is 10.0. The maximum Gasteiger partial charge on any atom is 0.420 e. The van der Waals surface area contributed by atoms with Crippen molar-refractivity contribution in [3.8, 4) is 11.5 Å². The summed E-state index contributed by atoms with van der Waals surface area (Å²) in [4.78, 5) is 13.3. The largest absolute Gasteiger partial charge is 0.457 e. The molecule has 0 radical (unpaired) electrons. The second-order valence-corrected chi connectivity index (χ2v) is 3.80. The molecule has 0 amide bonds. The first-order valence-corrected chi connectivity index (χ1v) is 5.53. The quantitative estimate of drug-likeness (QED) is 0.614. The Balaban J connectivity index is 2.44. The molecule has 20 heavy (non-hydrogen) atoms. The van der Waals surface area contributed by atoms with Gasteiger partial charge in [-0.15, -0.1) is 0 Å². The Kier molecular flexibility index (Phi) is 3.86. The normalized spacial score (nSPS) is 10.8. The van der Waals surface area contributed by atoms with Crippen molar-refractivity contribution < 1.29 is 22.7 Å². The van der Waals surface area contributed by atoms with Crippen LogP contribution in [0.1, 0.15) is 5.56 Å². The minimum Gasteiger partial charge on any atom is -0.457 e. The number of carbonyl (C=O) groups excluding carboxylic acids is 1. The number of ether oxygens (including phenoxy) is 1. The minimum absolute atomic E-state index is 0.132. The van der Waals surface area contributed by atoms with E-state index in [1.807, 2.05) is 0 Å².